The van der Waals surface area contributed by atoms with Crippen molar-refractivity contribution in [3.63, 3.8) is 0 Å². The number of likely N-dealkylation sites (N-methyl/N-ethyl adjacent to an activating group) is 1. The van der Waals surface area contributed by atoms with Crippen LogP contribution in [0.3, 0.4) is 0 Å². The molecule has 0 aliphatic heterocycles. The van der Waals surface area contributed by atoms with Crippen LogP contribution in [0.25, 0.3) is 6.08 Å². The van der Waals surface area contributed by atoms with Gasteiger partial charge in [-0.05, 0) is 55.9 Å². The van der Waals surface area contributed by atoms with Gasteiger partial charge in [-0.3, -0.25) is 4.79 Å². The number of amides is 3. The molecule has 0 unspecified atom stereocenters. The Morgan fingerprint density at radius 2 is 1.61 bits per heavy atom. The summed E-state index contributed by atoms with van der Waals surface area (Å²) in [6.45, 7) is 2.18. The number of ether oxygens (including phenoxy) is 5. The monoisotopic (exact) mass is 916 g/mol. The van der Waals surface area contributed by atoms with Crippen LogP contribution in [0.5, 0.6) is 11.5 Å². The van der Waals surface area contributed by atoms with Gasteiger partial charge in [-0.1, -0.05) is 6.92 Å². The molecule has 0 radical (unpaired) electrons. The predicted octanol–water partition coefficient (Wildman–Crippen LogP) is 1.18. The van der Waals surface area contributed by atoms with Crippen LogP contribution in [0, 0.1) is 5.92 Å². The van der Waals surface area contributed by atoms with Crippen LogP contribution in [-0.4, -0.2) is 77.2 Å². The van der Waals surface area contributed by atoms with E-state index in [1.165, 1.54) is 26.3 Å². The summed E-state index contributed by atoms with van der Waals surface area (Å²) in [5, 5.41) is 7.57. The van der Waals surface area contributed by atoms with E-state index in [2.05, 4.69) is 64.8 Å². The van der Waals surface area contributed by atoms with E-state index >= 15 is 0 Å². The van der Waals surface area contributed by atoms with E-state index < -0.39 is 18.2 Å². The maximum absolute atomic E-state index is 12.1. The number of rotatable bonds is 13. The first-order valence-electron chi connectivity index (χ1n) is 12.8. The molecule has 41 heavy (non-hydrogen) atoms. The maximum atomic E-state index is 12.1. The fraction of sp³-hybridized carbons (Fsp3) is 0.538. The van der Waals surface area contributed by atoms with Crippen LogP contribution >= 0.6 is 37.2 Å². The molecule has 3 N–H and O–H groups in total. The van der Waals surface area contributed by atoms with Crippen molar-refractivity contribution in [2.45, 2.75) is 38.6 Å². The predicted molar refractivity (Wildman–Crippen MR) is 166 cm³/mol. The Morgan fingerprint density at radius 3 is 2.24 bits per heavy atom. The molecule has 1 aromatic carbocycles. The number of halogens is 3. The first kappa shape index (κ1) is 37.3. The Hall–Kier alpha value is -1.77. The minimum absolute atomic E-state index is 0.0483. The molecule has 232 valence electrons. The van der Waals surface area contributed by atoms with Crippen LogP contribution in [0.15, 0.2) is 24.3 Å². The fourth-order valence-corrected chi connectivity index (χ4v) is 3.59. The van der Waals surface area contributed by atoms with E-state index in [1.54, 1.807) is 18.2 Å². The molecule has 15 heteroatoms. The first-order chi connectivity index (χ1) is 19.7. The summed E-state index contributed by atoms with van der Waals surface area (Å²) in [5.74, 6) is 0.673. The molecule has 0 heterocycles. The van der Waals surface area contributed by atoms with Crippen molar-refractivity contribution >= 4 is 67.4 Å². The minimum atomic E-state index is -0.744. The zero-order valence-electron chi connectivity index (χ0n) is 23.2. The van der Waals surface area contributed by atoms with Gasteiger partial charge in [0, 0.05) is 24.7 Å². The molecular weight excluding hydrogens is 879 g/mol. The quantitative estimate of drug-likeness (QED) is 0.0873. The van der Waals surface area contributed by atoms with Crippen molar-refractivity contribution in [2.24, 2.45) is 5.92 Å². The molecule has 1 saturated carbocycles. The number of methoxy groups -OCH3 is 1. The second-order valence-corrected chi connectivity index (χ2v) is 25.0. The van der Waals surface area contributed by atoms with E-state index in [0.717, 1.165) is 25.7 Å². The van der Waals surface area contributed by atoms with Gasteiger partial charge >= 0.3 is 68.6 Å². The average Bonchev–Trinajstić information content (AvgIpc) is 2.97. The van der Waals surface area contributed by atoms with E-state index in [1.807, 2.05) is 0 Å². The van der Waals surface area contributed by atoms with Gasteiger partial charge in [0.1, 0.15) is 37.9 Å². The van der Waals surface area contributed by atoms with Crippen molar-refractivity contribution in [1.82, 2.24) is 16.0 Å². The summed E-state index contributed by atoms with van der Waals surface area (Å²) in [7, 11) is 2.73. The summed E-state index contributed by atoms with van der Waals surface area (Å²) in [6.07, 6.45) is 5.63. The van der Waals surface area contributed by atoms with Crippen molar-refractivity contribution in [3.05, 3.63) is 29.8 Å². The Kier molecular flexibility index (Phi) is 20.7. The van der Waals surface area contributed by atoms with Crippen LogP contribution in [0.4, 0.5) is 9.59 Å². The molecule has 0 saturated heterocycles. The zero-order valence-corrected chi connectivity index (χ0v) is 29.7. The number of carbonyl (C=O) groups is 4. The molecule has 1 aromatic rings. The van der Waals surface area contributed by atoms with Gasteiger partial charge < -0.3 is 39.6 Å². The van der Waals surface area contributed by atoms with Crippen LogP contribution in [-0.2, 0) is 23.8 Å². The molecular formula is C26H37I3N3O9-. The molecule has 1 aliphatic rings. The molecule has 1 aliphatic carbocycles. The normalized spacial score (nSPS) is 16.0. The van der Waals surface area contributed by atoms with Gasteiger partial charge in [-0.25, -0.2) is 14.4 Å². The summed E-state index contributed by atoms with van der Waals surface area (Å²) < 4.78 is 26.2. The van der Waals surface area contributed by atoms with Crippen LogP contribution in [0.2, 0.25) is 0 Å². The third kappa shape index (κ3) is 17.7. The molecule has 1 fully saturated rings. The van der Waals surface area contributed by atoms with Gasteiger partial charge in [0.05, 0.1) is 13.7 Å². The standard InChI is InChI=1S/C26H37N3O9.I3/c1-18-4-7-20(8-5-18)29-26(33)38-15-13-36-22-10-9-21(16-19(22)6-11-24(31)34-3)35-12-14-37-25(32)28-17-23(30)27-2;1-3-2/h6,9-11,16,18,20H,4-5,7-8,12-15,17H2,1-3H3,(H,27,30)(H,28,32)(H,29,33);/q;-1/b11-6+;. The summed E-state index contributed by atoms with van der Waals surface area (Å²) >= 11 is 5.30. The molecule has 0 atom stereocenters. The second-order valence-electron chi connectivity index (χ2n) is 8.71. The van der Waals surface area contributed by atoms with E-state index in [9.17, 15) is 19.2 Å². The Bertz CT molecular complexity index is 990. The molecule has 0 aromatic heterocycles. The van der Waals surface area contributed by atoms with Crippen molar-refractivity contribution in [1.29, 1.82) is 0 Å². The molecule has 2 rings (SSSR count). The SMILES string of the molecule is CNC(=O)CNC(=O)OCCOc1ccc(OCCOC(=O)NC2CCC(C)CC2)c(/C=C/C(=O)OC)c1.I[I-]I. The second kappa shape index (κ2) is 22.8. The third-order valence-corrected chi connectivity index (χ3v) is 5.75. The topological polar surface area (TPSA) is 151 Å². The van der Waals surface area contributed by atoms with Gasteiger partial charge in [-0.2, -0.15) is 0 Å². The summed E-state index contributed by atoms with van der Waals surface area (Å²) in [4.78, 5) is 46.3. The van der Waals surface area contributed by atoms with E-state index in [-0.39, 0.29) is 44.9 Å². The van der Waals surface area contributed by atoms with Gasteiger partial charge in [0.25, 0.3) is 0 Å². The average molecular weight is 916 g/mol. The number of alkyl carbamates (subject to hydrolysis) is 2. The number of carbonyl (C=O) groups excluding carboxylic acids is 4. The number of benzene rings is 1. The number of esters is 1. The Morgan fingerprint density at radius 1 is 0.976 bits per heavy atom. The number of hydrogen-bond donors (Lipinski definition) is 3. The van der Waals surface area contributed by atoms with Crippen molar-refractivity contribution in [3.8, 4) is 11.5 Å². The summed E-state index contributed by atoms with van der Waals surface area (Å²) in [6, 6.07) is 5.07. The fourth-order valence-electron chi connectivity index (χ4n) is 3.59. The van der Waals surface area contributed by atoms with Crippen molar-refractivity contribution in [2.75, 3.05) is 47.1 Å². The summed E-state index contributed by atoms with van der Waals surface area (Å²) in [5.41, 5.74) is 0.526. The van der Waals surface area contributed by atoms with E-state index in [0.29, 0.717) is 36.2 Å². The molecule has 12 nitrogen and oxygen atoms in total. The van der Waals surface area contributed by atoms with E-state index in [4.69, 9.17) is 18.9 Å². The van der Waals surface area contributed by atoms with Crippen molar-refractivity contribution < 1.29 is 56.1 Å². The Balaban J connectivity index is 0.00000268. The molecule has 0 spiro atoms. The number of hydrogen-bond acceptors (Lipinski definition) is 9. The third-order valence-electron chi connectivity index (χ3n) is 5.75. The molecule has 0 bridgehead atoms. The van der Waals surface area contributed by atoms with Gasteiger partial charge in [-0.15, -0.1) is 0 Å². The van der Waals surface area contributed by atoms with Gasteiger partial charge in [0.15, 0.2) is 0 Å². The zero-order chi connectivity index (χ0) is 30.5. The van der Waals surface area contributed by atoms with Crippen LogP contribution < -0.4 is 38.7 Å². The Labute approximate surface area is 270 Å². The first-order valence-corrected chi connectivity index (χ1v) is 25.4. The molecule has 3 amide bonds. The number of nitrogens with one attached hydrogen (secondary N) is 3. The van der Waals surface area contributed by atoms with Gasteiger partial charge in [0.2, 0.25) is 5.91 Å². The van der Waals surface area contributed by atoms with Crippen LogP contribution in [0.1, 0.15) is 38.2 Å².